The van der Waals surface area contributed by atoms with Gasteiger partial charge in [0.1, 0.15) is 5.52 Å². The molecule has 0 unspecified atom stereocenters. The summed E-state index contributed by atoms with van der Waals surface area (Å²) in [6.45, 7) is 0. The average Bonchev–Trinajstić information content (AvgIpc) is 3.05. The predicted molar refractivity (Wildman–Crippen MR) is 107 cm³/mol. The summed E-state index contributed by atoms with van der Waals surface area (Å²) >= 11 is 9.57. The third-order valence-corrected chi connectivity index (χ3v) is 4.66. The second-order valence-corrected chi connectivity index (χ2v) is 6.97. The van der Waals surface area contributed by atoms with Crippen molar-refractivity contribution in [3.8, 4) is 11.5 Å². The molecule has 1 amide bonds. The molecule has 128 valence electrons. The van der Waals surface area contributed by atoms with E-state index in [0.717, 1.165) is 10.0 Å². The van der Waals surface area contributed by atoms with Crippen LogP contribution in [-0.2, 0) is 0 Å². The first-order chi connectivity index (χ1) is 12.6. The molecule has 1 aromatic heterocycles. The maximum absolute atomic E-state index is 12.4. The largest absolute Gasteiger partial charge is 0.436 e. The fourth-order valence-electron chi connectivity index (χ4n) is 2.59. The lowest BCUT2D eigenvalue weighted by molar-refractivity contribution is 0.102. The zero-order chi connectivity index (χ0) is 18.1. The standard InChI is InChI=1S/C20H12BrClN2O2/c21-13-5-3-4-12(10-13)19(25)23-14-8-9-18-17(11-14)24-20(26-18)15-6-1-2-7-16(15)22/h1-11H,(H,23,25). The molecule has 0 saturated heterocycles. The van der Waals surface area contributed by atoms with Crippen molar-refractivity contribution in [3.63, 3.8) is 0 Å². The maximum atomic E-state index is 12.4. The van der Waals surface area contributed by atoms with Crippen molar-refractivity contribution >= 4 is 50.2 Å². The Balaban J connectivity index is 1.64. The summed E-state index contributed by atoms with van der Waals surface area (Å²) in [6, 6.07) is 19.9. The molecule has 26 heavy (non-hydrogen) atoms. The number of hydrogen-bond acceptors (Lipinski definition) is 3. The zero-order valence-corrected chi connectivity index (χ0v) is 15.7. The zero-order valence-electron chi connectivity index (χ0n) is 13.4. The number of amides is 1. The quantitative estimate of drug-likeness (QED) is 0.426. The highest BCUT2D eigenvalue weighted by Crippen LogP contribution is 2.30. The average molecular weight is 428 g/mol. The molecule has 0 spiro atoms. The number of rotatable bonds is 3. The van der Waals surface area contributed by atoms with Crippen LogP contribution in [0.1, 0.15) is 10.4 Å². The third kappa shape index (κ3) is 3.36. The molecule has 0 radical (unpaired) electrons. The van der Waals surface area contributed by atoms with Crippen LogP contribution in [0.2, 0.25) is 5.02 Å². The summed E-state index contributed by atoms with van der Waals surface area (Å²) in [7, 11) is 0. The number of aromatic nitrogens is 1. The van der Waals surface area contributed by atoms with Crippen LogP contribution in [0.15, 0.2) is 75.6 Å². The lowest BCUT2D eigenvalue weighted by Gasteiger charge is -2.05. The summed E-state index contributed by atoms with van der Waals surface area (Å²) in [4.78, 5) is 16.9. The van der Waals surface area contributed by atoms with Gasteiger partial charge in [0.15, 0.2) is 5.58 Å². The Bertz CT molecular complexity index is 1120. The molecule has 0 aliphatic heterocycles. The summed E-state index contributed by atoms with van der Waals surface area (Å²) in [6.07, 6.45) is 0. The number of benzene rings is 3. The van der Waals surface area contributed by atoms with E-state index in [-0.39, 0.29) is 5.91 Å². The molecule has 0 fully saturated rings. The van der Waals surface area contributed by atoms with E-state index in [0.29, 0.717) is 33.3 Å². The van der Waals surface area contributed by atoms with Crippen molar-refractivity contribution in [2.75, 3.05) is 5.32 Å². The van der Waals surface area contributed by atoms with Gasteiger partial charge in [0.2, 0.25) is 5.89 Å². The highest BCUT2D eigenvalue weighted by molar-refractivity contribution is 9.10. The van der Waals surface area contributed by atoms with Crippen molar-refractivity contribution in [1.29, 1.82) is 0 Å². The molecule has 1 heterocycles. The van der Waals surface area contributed by atoms with E-state index in [2.05, 4.69) is 26.2 Å². The predicted octanol–water partition coefficient (Wildman–Crippen LogP) is 6.16. The van der Waals surface area contributed by atoms with Crippen molar-refractivity contribution < 1.29 is 9.21 Å². The van der Waals surface area contributed by atoms with Crippen molar-refractivity contribution in [1.82, 2.24) is 4.98 Å². The summed E-state index contributed by atoms with van der Waals surface area (Å²) in [5.74, 6) is 0.251. The second kappa shape index (κ2) is 6.94. The minimum Gasteiger partial charge on any atom is -0.436 e. The minimum atomic E-state index is -0.194. The second-order valence-electron chi connectivity index (χ2n) is 5.65. The molecule has 4 rings (SSSR count). The molecule has 0 saturated carbocycles. The van der Waals surface area contributed by atoms with Crippen LogP contribution in [0.3, 0.4) is 0 Å². The van der Waals surface area contributed by atoms with E-state index in [1.165, 1.54) is 0 Å². The number of carbonyl (C=O) groups excluding carboxylic acids is 1. The lowest BCUT2D eigenvalue weighted by atomic mass is 10.2. The normalized spacial score (nSPS) is 10.8. The van der Waals surface area contributed by atoms with Gasteiger partial charge in [0.05, 0.1) is 10.6 Å². The summed E-state index contributed by atoms with van der Waals surface area (Å²) in [5, 5.41) is 3.44. The van der Waals surface area contributed by atoms with Crippen LogP contribution in [0.25, 0.3) is 22.6 Å². The van der Waals surface area contributed by atoms with Crippen LogP contribution in [0, 0.1) is 0 Å². The smallest absolute Gasteiger partial charge is 0.255 e. The Kier molecular flexibility index (Phi) is 4.49. The molecule has 0 bridgehead atoms. The van der Waals surface area contributed by atoms with Gasteiger partial charge in [-0.25, -0.2) is 4.98 Å². The maximum Gasteiger partial charge on any atom is 0.255 e. The van der Waals surface area contributed by atoms with E-state index in [1.807, 2.05) is 30.3 Å². The number of nitrogens with one attached hydrogen (secondary N) is 1. The van der Waals surface area contributed by atoms with Crippen LogP contribution < -0.4 is 5.32 Å². The Labute approximate surface area is 162 Å². The van der Waals surface area contributed by atoms with Gasteiger partial charge in [-0.1, -0.05) is 45.7 Å². The number of carbonyl (C=O) groups is 1. The highest BCUT2D eigenvalue weighted by atomic mass is 79.9. The van der Waals surface area contributed by atoms with Crippen LogP contribution in [0.5, 0.6) is 0 Å². The number of halogens is 2. The molecule has 0 aliphatic rings. The number of fused-ring (bicyclic) bond motifs is 1. The number of anilines is 1. The summed E-state index contributed by atoms with van der Waals surface area (Å²) < 4.78 is 6.63. The van der Waals surface area contributed by atoms with Gasteiger partial charge in [-0.15, -0.1) is 0 Å². The molecule has 3 aromatic carbocycles. The monoisotopic (exact) mass is 426 g/mol. The Hall–Kier alpha value is -2.63. The molecule has 1 N–H and O–H groups in total. The van der Waals surface area contributed by atoms with E-state index < -0.39 is 0 Å². The fraction of sp³-hybridized carbons (Fsp3) is 0. The van der Waals surface area contributed by atoms with Gasteiger partial charge in [0.25, 0.3) is 5.91 Å². The van der Waals surface area contributed by atoms with E-state index in [4.69, 9.17) is 16.0 Å². The Morgan fingerprint density at radius 3 is 2.69 bits per heavy atom. The first kappa shape index (κ1) is 16.8. The van der Waals surface area contributed by atoms with Crippen LogP contribution >= 0.6 is 27.5 Å². The van der Waals surface area contributed by atoms with E-state index in [1.54, 1.807) is 36.4 Å². The number of nitrogens with zero attached hydrogens (tertiary/aromatic N) is 1. The van der Waals surface area contributed by atoms with Crippen LogP contribution in [0.4, 0.5) is 5.69 Å². The van der Waals surface area contributed by atoms with Crippen LogP contribution in [-0.4, -0.2) is 10.9 Å². The molecule has 6 heteroatoms. The van der Waals surface area contributed by atoms with Gasteiger partial charge >= 0.3 is 0 Å². The lowest BCUT2D eigenvalue weighted by Crippen LogP contribution is -2.11. The van der Waals surface area contributed by atoms with E-state index >= 15 is 0 Å². The van der Waals surface area contributed by atoms with E-state index in [9.17, 15) is 4.79 Å². The Morgan fingerprint density at radius 2 is 1.88 bits per heavy atom. The number of oxazole rings is 1. The summed E-state index contributed by atoms with van der Waals surface area (Å²) in [5.41, 5.74) is 3.20. The van der Waals surface area contributed by atoms with Gasteiger partial charge in [-0.05, 0) is 48.5 Å². The minimum absolute atomic E-state index is 0.194. The molecule has 4 nitrogen and oxygen atoms in total. The van der Waals surface area contributed by atoms with Gasteiger partial charge in [-0.2, -0.15) is 0 Å². The first-order valence-corrected chi connectivity index (χ1v) is 9.00. The highest BCUT2D eigenvalue weighted by Gasteiger charge is 2.13. The molecule has 0 atom stereocenters. The molecular formula is C20H12BrClN2O2. The van der Waals surface area contributed by atoms with Gasteiger partial charge < -0.3 is 9.73 Å². The fourth-order valence-corrected chi connectivity index (χ4v) is 3.20. The van der Waals surface area contributed by atoms with Crippen molar-refractivity contribution in [2.24, 2.45) is 0 Å². The molecule has 0 aliphatic carbocycles. The topological polar surface area (TPSA) is 55.1 Å². The van der Waals surface area contributed by atoms with Gasteiger partial charge in [0, 0.05) is 15.7 Å². The third-order valence-electron chi connectivity index (χ3n) is 3.84. The SMILES string of the molecule is O=C(Nc1ccc2oc(-c3ccccc3Cl)nc2c1)c1cccc(Br)c1. The molecule has 4 aromatic rings. The van der Waals surface area contributed by atoms with Crippen molar-refractivity contribution in [3.05, 3.63) is 81.8 Å². The first-order valence-electron chi connectivity index (χ1n) is 7.82. The molecular weight excluding hydrogens is 416 g/mol. The Morgan fingerprint density at radius 1 is 1.04 bits per heavy atom. The van der Waals surface area contributed by atoms with Crippen molar-refractivity contribution in [2.45, 2.75) is 0 Å². The number of hydrogen-bond donors (Lipinski definition) is 1. The van der Waals surface area contributed by atoms with Gasteiger partial charge in [-0.3, -0.25) is 4.79 Å².